The van der Waals surface area contributed by atoms with Gasteiger partial charge >= 0.3 is 0 Å². The van der Waals surface area contributed by atoms with Crippen molar-refractivity contribution >= 4 is 10.0 Å². The topological polar surface area (TPSA) is 37.4 Å². The first kappa shape index (κ1) is 14.7. The van der Waals surface area contributed by atoms with Gasteiger partial charge in [0.15, 0.2) is 0 Å². The van der Waals surface area contributed by atoms with Gasteiger partial charge in [-0.1, -0.05) is 54.1 Å². The zero-order valence-corrected chi connectivity index (χ0v) is 13.9. The summed E-state index contributed by atoms with van der Waals surface area (Å²) in [6.45, 7) is 6.53. The van der Waals surface area contributed by atoms with E-state index >= 15 is 0 Å². The van der Waals surface area contributed by atoms with E-state index in [9.17, 15) is 8.42 Å². The van der Waals surface area contributed by atoms with Crippen molar-refractivity contribution in [2.45, 2.75) is 30.2 Å². The Bertz CT molecular complexity index is 884. The zero-order chi connectivity index (χ0) is 16.2. The van der Waals surface area contributed by atoms with Crippen LogP contribution in [0.3, 0.4) is 0 Å². The van der Waals surface area contributed by atoms with Crippen LogP contribution < -0.4 is 0 Å². The molecular weight excluding hydrogens is 306 g/mol. The first-order valence-corrected chi connectivity index (χ1v) is 9.26. The number of sulfonamides is 1. The highest BCUT2D eigenvalue weighted by molar-refractivity contribution is 7.89. The molecule has 2 aliphatic rings. The van der Waals surface area contributed by atoms with Crippen molar-refractivity contribution < 1.29 is 8.42 Å². The van der Waals surface area contributed by atoms with Crippen molar-refractivity contribution in [3.63, 3.8) is 0 Å². The van der Waals surface area contributed by atoms with Gasteiger partial charge in [0.25, 0.3) is 0 Å². The molecule has 3 nitrogen and oxygen atoms in total. The van der Waals surface area contributed by atoms with Crippen LogP contribution in [0.25, 0.3) is 0 Å². The second-order valence-corrected chi connectivity index (χ2v) is 8.36. The molecular formula is C19H19NO2S. The minimum atomic E-state index is -3.49. The van der Waals surface area contributed by atoms with Crippen molar-refractivity contribution in [1.29, 1.82) is 0 Å². The van der Waals surface area contributed by atoms with Crippen LogP contribution in [-0.2, 0) is 16.4 Å². The standard InChI is InChI=1S/C19H19NO2S/c1-13-7-9-16(10-8-13)23(21,22)20-12-14(2)19-17-6-4-3-5-15(17)11-18(19)20/h3-10,18-19H,2,11-12H2,1H3/t18-,19+/m0/s1. The normalized spacial score (nSPS) is 23.8. The van der Waals surface area contributed by atoms with E-state index in [0.29, 0.717) is 11.4 Å². The third-order valence-electron chi connectivity index (χ3n) is 5.00. The van der Waals surface area contributed by atoms with E-state index in [1.807, 2.05) is 31.2 Å². The molecule has 1 fully saturated rings. The number of fused-ring (bicyclic) bond motifs is 3. The lowest BCUT2D eigenvalue weighted by molar-refractivity contribution is 0.384. The number of nitrogens with zero attached hydrogens (tertiary/aromatic N) is 1. The van der Waals surface area contributed by atoms with Gasteiger partial charge < -0.3 is 0 Å². The average Bonchev–Trinajstić information content (AvgIpc) is 3.06. The third-order valence-corrected chi connectivity index (χ3v) is 6.89. The Kier molecular flexibility index (Phi) is 3.22. The van der Waals surface area contributed by atoms with Crippen LogP contribution in [0.2, 0.25) is 0 Å². The number of benzene rings is 2. The van der Waals surface area contributed by atoms with Crippen LogP contribution in [0, 0.1) is 6.92 Å². The molecule has 0 spiro atoms. The van der Waals surface area contributed by atoms with E-state index in [1.54, 1.807) is 16.4 Å². The molecule has 2 atom stereocenters. The highest BCUT2D eigenvalue weighted by atomic mass is 32.2. The van der Waals surface area contributed by atoms with E-state index in [2.05, 4.69) is 18.7 Å². The minimum absolute atomic E-state index is 0.0359. The van der Waals surface area contributed by atoms with E-state index in [-0.39, 0.29) is 12.0 Å². The van der Waals surface area contributed by atoms with Crippen LogP contribution in [0.1, 0.15) is 22.6 Å². The van der Waals surface area contributed by atoms with Crippen LogP contribution >= 0.6 is 0 Å². The summed E-state index contributed by atoms with van der Waals surface area (Å²) >= 11 is 0. The van der Waals surface area contributed by atoms with E-state index < -0.39 is 10.0 Å². The van der Waals surface area contributed by atoms with Gasteiger partial charge in [0.2, 0.25) is 10.0 Å². The van der Waals surface area contributed by atoms with Crippen molar-refractivity contribution in [2.24, 2.45) is 0 Å². The second kappa shape index (κ2) is 5.05. The molecule has 118 valence electrons. The Morgan fingerprint density at radius 3 is 2.52 bits per heavy atom. The quantitative estimate of drug-likeness (QED) is 0.795. The summed E-state index contributed by atoms with van der Waals surface area (Å²) in [7, 11) is -3.49. The van der Waals surface area contributed by atoms with Crippen LogP contribution in [0.15, 0.2) is 65.6 Å². The zero-order valence-electron chi connectivity index (χ0n) is 13.1. The number of hydrogen-bond acceptors (Lipinski definition) is 2. The van der Waals surface area contributed by atoms with Gasteiger partial charge in [-0.05, 0) is 36.6 Å². The Labute approximate surface area is 137 Å². The fraction of sp³-hybridized carbons (Fsp3) is 0.263. The molecule has 1 saturated heterocycles. The third kappa shape index (κ3) is 2.17. The molecule has 0 bridgehead atoms. The molecule has 1 heterocycles. The summed E-state index contributed by atoms with van der Waals surface area (Å²) < 4.78 is 27.8. The molecule has 0 unspecified atom stereocenters. The lowest BCUT2D eigenvalue weighted by atomic mass is 9.95. The minimum Gasteiger partial charge on any atom is -0.207 e. The molecule has 0 amide bonds. The van der Waals surface area contributed by atoms with Crippen LogP contribution in [0.5, 0.6) is 0 Å². The first-order chi connectivity index (χ1) is 11.0. The van der Waals surface area contributed by atoms with Crippen LogP contribution in [-0.4, -0.2) is 25.3 Å². The maximum absolute atomic E-state index is 13.1. The molecule has 4 rings (SSSR count). The molecule has 4 heteroatoms. The first-order valence-electron chi connectivity index (χ1n) is 7.82. The van der Waals surface area contributed by atoms with Crippen molar-refractivity contribution in [3.8, 4) is 0 Å². The number of aryl methyl sites for hydroxylation is 1. The Hall–Kier alpha value is -1.91. The summed E-state index contributed by atoms with van der Waals surface area (Å²) in [6, 6.07) is 15.3. The van der Waals surface area contributed by atoms with Crippen LogP contribution in [0.4, 0.5) is 0 Å². The average molecular weight is 325 g/mol. The van der Waals surface area contributed by atoms with Gasteiger partial charge in [0, 0.05) is 18.5 Å². The van der Waals surface area contributed by atoms with Gasteiger partial charge in [-0.25, -0.2) is 8.42 Å². The molecule has 2 aromatic rings. The second-order valence-electron chi connectivity index (χ2n) is 6.47. The largest absolute Gasteiger partial charge is 0.243 e. The van der Waals surface area contributed by atoms with Gasteiger partial charge in [-0.2, -0.15) is 4.31 Å². The highest BCUT2D eigenvalue weighted by Gasteiger charge is 2.48. The van der Waals surface area contributed by atoms with Gasteiger partial charge in [-0.15, -0.1) is 0 Å². The molecule has 0 N–H and O–H groups in total. The Morgan fingerprint density at radius 1 is 1.09 bits per heavy atom. The summed E-state index contributed by atoms with van der Waals surface area (Å²) in [5.74, 6) is 0.131. The Morgan fingerprint density at radius 2 is 1.78 bits per heavy atom. The predicted molar refractivity (Wildman–Crippen MR) is 90.9 cm³/mol. The number of rotatable bonds is 2. The van der Waals surface area contributed by atoms with Crippen molar-refractivity contribution in [3.05, 3.63) is 77.4 Å². The van der Waals surface area contributed by atoms with E-state index in [1.165, 1.54) is 11.1 Å². The summed E-state index contributed by atoms with van der Waals surface area (Å²) in [6.07, 6.45) is 0.769. The molecule has 2 aromatic carbocycles. The fourth-order valence-corrected chi connectivity index (χ4v) is 5.50. The molecule has 0 saturated carbocycles. The monoisotopic (exact) mass is 325 g/mol. The fourth-order valence-electron chi connectivity index (χ4n) is 3.86. The molecule has 0 radical (unpaired) electrons. The summed E-state index contributed by atoms with van der Waals surface area (Å²) in [5.41, 5.74) is 4.54. The van der Waals surface area contributed by atoms with E-state index in [0.717, 1.165) is 17.6 Å². The molecule has 23 heavy (non-hydrogen) atoms. The van der Waals surface area contributed by atoms with Crippen molar-refractivity contribution in [1.82, 2.24) is 4.31 Å². The highest BCUT2D eigenvalue weighted by Crippen LogP contribution is 2.47. The smallest absolute Gasteiger partial charge is 0.207 e. The molecule has 1 aliphatic heterocycles. The van der Waals surface area contributed by atoms with Gasteiger partial charge in [0.05, 0.1) is 4.90 Å². The maximum atomic E-state index is 13.1. The SMILES string of the molecule is C=C1CN(S(=O)(=O)c2ccc(C)cc2)[C@H]2Cc3ccccc3[C@@H]12. The van der Waals surface area contributed by atoms with Crippen molar-refractivity contribution in [2.75, 3.05) is 6.54 Å². The predicted octanol–water partition coefficient (Wildman–Crippen LogP) is 3.26. The van der Waals surface area contributed by atoms with Gasteiger partial charge in [-0.3, -0.25) is 0 Å². The van der Waals surface area contributed by atoms with Gasteiger partial charge in [0.1, 0.15) is 0 Å². The summed E-state index contributed by atoms with van der Waals surface area (Å²) in [4.78, 5) is 0.368. The molecule has 0 aromatic heterocycles. The summed E-state index contributed by atoms with van der Waals surface area (Å²) in [5, 5.41) is 0. The number of hydrogen-bond donors (Lipinski definition) is 0. The molecule has 1 aliphatic carbocycles. The van der Waals surface area contributed by atoms with E-state index in [4.69, 9.17) is 0 Å². The lowest BCUT2D eigenvalue weighted by Gasteiger charge is -2.23. The lowest BCUT2D eigenvalue weighted by Crippen LogP contribution is -2.36. The maximum Gasteiger partial charge on any atom is 0.243 e. The Balaban J connectivity index is 1.75.